The maximum atomic E-state index is 12.2. The lowest BCUT2D eigenvalue weighted by Gasteiger charge is -2.11. The molecular formula is C17H17N3OS. The zero-order chi connectivity index (χ0) is 15.4. The van der Waals surface area contributed by atoms with Crippen LogP contribution in [0.2, 0.25) is 0 Å². The van der Waals surface area contributed by atoms with Crippen molar-refractivity contribution in [3.05, 3.63) is 75.7 Å². The normalized spacial score (nSPS) is 10.6. The van der Waals surface area contributed by atoms with Gasteiger partial charge in [0.15, 0.2) is 0 Å². The number of carbonyl (C=O) groups excluding carboxylic acids is 1. The van der Waals surface area contributed by atoms with E-state index in [1.54, 1.807) is 6.20 Å². The highest BCUT2D eigenvalue weighted by Crippen LogP contribution is 2.16. The van der Waals surface area contributed by atoms with Gasteiger partial charge in [-0.3, -0.25) is 9.48 Å². The van der Waals surface area contributed by atoms with Crippen LogP contribution in [-0.2, 0) is 13.1 Å². The van der Waals surface area contributed by atoms with E-state index in [0.29, 0.717) is 13.1 Å². The van der Waals surface area contributed by atoms with Gasteiger partial charge in [-0.25, -0.2) is 0 Å². The Morgan fingerprint density at radius 2 is 2.05 bits per heavy atom. The fourth-order valence-electron chi connectivity index (χ4n) is 2.31. The van der Waals surface area contributed by atoms with Gasteiger partial charge < -0.3 is 5.32 Å². The topological polar surface area (TPSA) is 46.9 Å². The molecule has 0 saturated carbocycles. The molecule has 0 unspecified atom stereocenters. The molecular weight excluding hydrogens is 294 g/mol. The quantitative estimate of drug-likeness (QED) is 0.786. The highest BCUT2D eigenvalue weighted by Gasteiger charge is 2.11. The standard InChI is InChI=1S/C17H17N3OS/c1-13-7-10-22-16(13)17(21)18-11-14-5-2-3-6-15(14)12-20-9-4-8-19-20/h2-10H,11-12H2,1H3,(H,18,21). The van der Waals surface area contributed by atoms with Crippen LogP contribution < -0.4 is 5.32 Å². The predicted octanol–water partition coefficient (Wildman–Crippen LogP) is 3.23. The first-order valence-corrected chi connectivity index (χ1v) is 7.98. The molecule has 22 heavy (non-hydrogen) atoms. The van der Waals surface area contributed by atoms with Gasteiger partial charge in [-0.15, -0.1) is 11.3 Å². The number of hydrogen-bond acceptors (Lipinski definition) is 3. The Morgan fingerprint density at radius 3 is 2.73 bits per heavy atom. The minimum atomic E-state index is -0.0126. The summed E-state index contributed by atoms with van der Waals surface area (Å²) in [6.07, 6.45) is 3.70. The van der Waals surface area contributed by atoms with Gasteiger partial charge in [0.05, 0.1) is 11.4 Å². The minimum absolute atomic E-state index is 0.0126. The lowest BCUT2D eigenvalue weighted by atomic mass is 10.1. The van der Waals surface area contributed by atoms with Crippen molar-refractivity contribution < 1.29 is 4.79 Å². The minimum Gasteiger partial charge on any atom is -0.347 e. The van der Waals surface area contributed by atoms with Gasteiger partial charge in [0.2, 0.25) is 0 Å². The largest absolute Gasteiger partial charge is 0.347 e. The molecule has 0 saturated heterocycles. The average Bonchev–Trinajstić information content (AvgIpc) is 3.17. The summed E-state index contributed by atoms with van der Waals surface area (Å²) in [6.45, 7) is 3.18. The Morgan fingerprint density at radius 1 is 1.23 bits per heavy atom. The van der Waals surface area contributed by atoms with Crippen LogP contribution in [-0.4, -0.2) is 15.7 Å². The highest BCUT2D eigenvalue weighted by atomic mass is 32.1. The van der Waals surface area contributed by atoms with Gasteiger partial charge in [0.1, 0.15) is 0 Å². The molecule has 5 heteroatoms. The van der Waals surface area contributed by atoms with Crippen LogP contribution in [0.25, 0.3) is 0 Å². The van der Waals surface area contributed by atoms with Crippen LogP contribution in [0.5, 0.6) is 0 Å². The molecule has 0 aliphatic heterocycles. The van der Waals surface area contributed by atoms with Crippen molar-refractivity contribution in [1.29, 1.82) is 0 Å². The molecule has 3 aromatic rings. The highest BCUT2D eigenvalue weighted by molar-refractivity contribution is 7.12. The number of benzene rings is 1. The summed E-state index contributed by atoms with van der Waals surface area (Å²) < 4.78 is 1.88. The maximum Gasteiger partial charge on any atom is 0.261 e. The van der Waals surface area contributed by atoms with E-state index in [1.165, 1.54) is 11.3 Å². The maximum absolute atomic E-state index is 12.2. The summed E-state index contributed by atoms with van der Waals surface area (Å²) in [4.78, 5) is 13.0. The summed E-state index contributed by atoms with van der Waals surface area (Å²) in [7, 11) is 0. The van der Waals surface area contributed by atoms with Crippen molar-refractivity contribution in [1.82, 2.24) is 15.1 Å². The Balaban J connectivity index is 1.70. The molecule has 0 spiro atoms. The number of hydrogen-bond donors (Lipinski definition) is 1. The predicted molar refractivity (Wildman–Crippen MR) is 88.0 cm³/mol. The van der Waals surface area contributed by atoms with Crippen LogP contribution in [0, 0.1) is 6.92 Å². The Labute approximate surface area is 133 Å². The SMILES string of the molecule is Cc1ccsc1C(=O)NCc1ccccc1Cn1cccn1. The number of nitrogens with zero attached hydrogens (tertiary/aromatic N) is 2. The molecule has 3 rings (SSSR count). The molecule has 0 bridgehead atoms. The van der Waals surface area contributed by atoms with Crippen molar-refractivity contribution in [2.75, 3.05) is 0 Å². The average molecular weight is 311 g/mol. The number of nitrogens with one attached hydrogen (secondary N) is 1. The van der Waals surface area contributed by atoms with Crippen molar-refractivity contribution in [2.45, 2.75) is 20.0 Å². The number of aryl methyl sites for hydroxylation is 1. The van der Waals surface area contributed by atoms with Crippen molar-refractivity contribution in [2.24, 2.45) is 0 Å². The van der Waals surface area contributed by atoms with Crippen LogP contribution in [0.4, 0.5) is 0 Å². The fourth-order valence-corrected chi connectivity index (χ4v) is 3.16. The van der Waals surface area contributed by atoms with Gasteiger partial charge in [-0.05, 0) is 41.1 Å². The molecule has 1 N–H and O–H groups in total. The van der Waals surface area contributed by atoms with Gasteiger partial charge in [-0.2, -0.15) is 5.10 Å². The molecule has 0 radical (unpaired) electrons. The van der Waals surface area contributed by atoms with Gasteiger partial charge >= 0.3 is 0 Å². The van der Waals surface area contributed by atoms with Crippen molar-refractivity contribution in [3.8, 4) is 0 Å². The van der Waals surface area contributed by atoms with E-state index in [0.717, 1.165) is 21.6 Å². The van der Waals surface area contributed by atoms with Crippen LogP contribution in [0.1, 0.15) is 26.4 Å². The zero-order valence-corrected chi connectivity index (χ0v) is 13.1. The van der Waals surface area contributed by atoms with Crippen molar-refractivity contribution >= 4 is 17.2 Å². The van der Waals surface area contributed by atoms with Crippen molar-refractivity contribution in [3.63, 3.8) is 0 Å². The third-order valence-corrected chi connectivity index (χ3v) is 4.53. The Hall–Kier alpha value is -2.40. The third-order valence-electron chi connectivity index (χ3n) is 3.52. The van der Waals surface area contributed by atoms with E-state index in [1.807, 2.05) is 53.5 Å². The van der Waals surface area contributed by atoms with Crippen LogP contribution in [0.15, 0.2) is 54.2 Å². The molecule has 2 aromatic heterocycles. The molecule has 0 fully saturated rings. The number of amides is 1. The lowest BCUT2D eigenvalue weighted by molar-refractivity contribution is 0.0954. The first kappa shape index (κ1) is 14.5. The molecule has 0 aliphatic carbocycles. The van der Waals surface area contributed by atoms with E-state index in [2.05, 4.69) is 16.5 Å². The van der Waals surface area contributed by atoms with E-state index in [4.69, 9.17) is 0 Å². The summed E-state index contributed by atoms with van der Waals surface area (Å²) in [5.41, 5.74) is 3.29. The second-order valence-corrected chi connectivity index (χ2v) is 6.00. The van der Waals surface area contributed by atoms with Gasteiger partial charge in [-0.1, -0.05) is 24.3 Å². The molecule has 1 aromatic carbocycles. The van der Waals surface area contributed by atoms with E-state index >= 15 is 0 Å². The first-order valence-electron chi connectivity index (χ1n) is 7.10. The molecule has 0 atom stereocenters. The number of rotatable bonds is 5. The van der Waals surface area contributed by atoms with Crippen LogP contribution >= 0.6 is 11.3 Å². The zero-order valence-electron chi connectivity index (χ0n) is 12.3. The summed E-state index contributed by atoms with van der Waals surface area (Å²) in [5, 5.41) is 9.18. The number of carbonyl (C=O) groups is 1. The summed E-state index contributed by atoms with van der Waals surface area (Å²) in [5.74, 6) is -0.0126. The smallest absolute Gasteiger partial charge is 0.261 e. The second kappa shape index (κ2) is 6.58. The Bertz CT molecular complexity index is 762. The summed E-state index contributed by atoms with van der Waals surface area (Å²) in [6, 6.07) is 12.0. The first-order chi connectivity index (χ1) is 10.7. The lowest BCUT2D eigenvalue weighted by Crippen LogP contribution is -2.23. The van der Waals surface area contributed by atoms with E-state index < -0.39 is 0 Å². The molecule has 4 nitrogen and oxygen atoms in total. The monoisotopic (exact) mass is 311 g/mol. The number of aromatic nitrogens is 2. The molecule has 112 valence electrons. The van der Waals surface area contributed by atoms with Gasteiger partial charge in [0.25, 0.3) is 5.91 Å². The van der Waals surface area contributed by atoms with E-state index in [9.17, 15) is 4.79 Å². The fraction of sp³-hybridized carbons (Fsp3) is 0.176. The third kappa shape index (κ3) is 3.26. The molecule has 0 aliphatic rings. The van der Waals surface area contributed by atoms with Gasteiger partial charge in [0, 0.05) is 18.9 Å². The molecule has 1 amide bonds. The summed E-state index contributed by atoms with van der Waals surface area (Å²) >= 11 is 1.47. The Kier molecular flexibility index (Phi) is 4.34. The van der Waals surface area contributed by atoms with E-state index in [-0.39, 0.29) is 5.91 Å². The van der Waals surface area contributed by atoms with Crippen LogP contribution in [0.3, 0.4) is 0 Å². The number of thiophene rings is 1. The second-order valence-electron chi connectivity index (χ2n) is 5.09. The molecule has 2 heterocycles.